The summed E-state index contributed by atoms with van der Waals surface area (Å²) >= 11 is 1.48. The molecule has 1 aromatic heterocycles. The van der Waals surface area contributed by atoms with Crippen molar-refractivity contribution in [2.75, 3.05) is 6.61 Å². The maximum atomic E-state index is 12.0. The third-order valence-electron chi connectivity index (χ3n) is 2.90. The van der Waals surface area contributed by atoms with E-state index in [1.54, 1.807) is 22.9 Å². The first-order valence-electron chi connectivity index (χ1n) is 6.42. The maximum Gasteiger partial charge on any atom is 0.422 e. The first kappa shape index (κ1) is 16.7. The summed E-state index contributed by atoms with van der Waals surface area (Å²) in [7, 11) is 1.81. The second kappa shape index (κ2) is 7.06. The molecule has 2 aromatic rings. The van der Waals surface area contributed by atoms with Crippen LogP contribution in [0.25, 0.3) is 0 Å². The molecule has 0 fully saturated rings. The van der Waals surface area contributed by atoms with Crippen molar-refractivity contribution in [3.63, 3.8) is 0 Å². The highest BCUT2D eigenvalue weighted by Crippen LogP contribution is 2.24. The number of nitrogens with zero attached hydrogens (tertiary/aromatic N) is 2. The van der Waals surface area contributed by atoms with Crippen LogP contribution in [-0.4, -0.2) is 27.4 Å². The molecule has 1 heterocycles. The minimum absolute atomic E-state index is 0.0741. The van der Waals surface area contributed by atoms with Crippen LogP contribution in [0.3, 0.4) is 0 Å². The zero-order valence-electron chi connectivity index (χ0n) is 11.8. The number of rotatable bonds is 6. The lowest BCUT2D eigenvalue weighted by Crippen LogP contribution is -2.19. The van der Waals surface area contributed by atoms with Gasteiger partial charge in [-0.2, -0.15) is 13.2 Å². The number of imidazole rings is 1. The number of ether oxygens (including phenoxy) is 1. The second-order valence-corrected chi connectivity index (χ2v) is 5.53. The molecule has 1 aromatic carbocycles. The molecule has 0 atom stereocenters. The number of alkyl halides is 3. The molecule has 0 saturated carbocycles. The largest absolute Gasteiger partial charge is 0.484 e. The van der Waals surface area contributed by atoms with Gasteiger partial charge < -0.3 is 14.4 Å². The van der Waals surface area contributed by atoms with Crippen molar-refractivity contribution >= 4 is 11.8 Å². The summed E-state index contributed by atoms with van der Waals surface area (Å²) in [5.41, 5.74) is 1.66. The van der Waals surface area contributed by atoms with E-state index in [1.165, 1.54) is 23.9 Å². The van der Waals surface area contributed by atoms with Crippen molar-refractivity contribution in [1.82, 2.24) is 9.55 Å². The Morgan fingerprint density at radius 1 is 1.27 bits per heavy atom. The Labute approximate surface area is 129 Å². The molecule has 4 nitrogen and oxygen atoms in total. The number of hydrogen-bond acceptors (Lipinski definition) is 4. The molecule has 22 heavy (non-hydrogen) atoms. The van der Waals surface area contributed by atoms with Crippen LogP contribution >= 0.6 is 11.8 Å². The standard InChI is InChI=1S/C14H15F3N2O2S/c1-19-11(7-20)6-18-13(19)22-8-10-2-4-12(5-3-10)21-9-14(15,16)17/h2-6,20H,7-9H2,1H3. The van der Waals surface area contributed by atoms with Crippen LogP contribution in [0, 0.1) is 0 Å². The zero-order valence-corrected chi connectivity index (χ0v) is 12.6. The first-order valence-corrected chi connectivity index (χ1v) is 7.40. The molecular weight excluding hydrogens is 317 g/mol. The van der Waals surface area contributed by atoms with Crippen LogP contribution in [0.4, 0.5) is 13.2 Å². The van der Waals surface area contributed by atoms with E-state index in [0.29, 0.717) is 5.75 Å². The Bertz CT molecular complexity index is 612. The summed E-state index contributed by atoms with van der Waals surface area (Å²) < 4.78 is 42.6. The van der Waals surface area contributed by atoms with Crippen molar-refractivity contribution in [1.29, 1.82) is 0 Å². The van der Waals surface area contributed by atoms with Gasteiger partial charge in [-0.15, -0.1) is 0 Å². The van der Waals surface area contributed by atoms with Crippen molar-refractivity contribution < 1.29 is 23.0 Å². The number of aliphatic hydroxyl groups excluding tert-OH is 1. The van der Waals surface area contributed by atoms with E-state index in [9.17, 15) is 13.2 Å². The number of thioether (sulfide) groups is 1. The predicted molar refractivity (Wildman–Crippen MR) is 76.7 cm³/mol. The van der Waals surface area contributed by atoms with E-state index in [-0.39, 0.29) is 12.4 Å². The van der Waals surface area contributed by atoms with Gasteiger partial charge in [-0.05, 0) is 17.7 Å². The number of benzene rings is 1. The summed E-state index contributed by atoms with van der Waals surface area (Å²) in [6.45, 7) is -1.37. The van der Waals surface area contributed by atoms with Crippen LogP contribution in [-0.2, 0) is 19.4 Å². The van der Waals surface area contributed by atoms with Gasteiger partial charge in [-0.1, -0.05) is 23.9 Å². The molecule has 0 aliphatic rings. The first-order chi connectivity index (χ1) is 10.4. The van der Waals surface area contributed by atoms with Gasteiger partial charge in [0.15, 0.2) is 11.8 Å². The van der Waals surface area contributed by atoms with E-state index in [2.05, 4.69) is 9.72 Å². The van der Waals surface area contributed by atoms with Crippen molar-refractivity contribution in [2.45, 2.75) is 23.7 Å². The molecule has 0 radical (unpaired) electrons. The van der Waals surface area contributed by atoms with E-state index in [0.717, 1.165) is 16.4 Å². The van der Waals surface area contributed by atoms with Gasteiger partial charge in [-0.25, -0.2) is 4.98 Å². The Morgan fingerprint density at radius 2 is 1.95 bits per heavy atom. The van der Waals surface area contributed by atoms with Gasteiger partial charge in [-0.3, -0.25) is 0 Å². The van der Waals surface area contributed by atoms with Gasteiger partial charge in [0, 0.05) is 12.8 Å². The molecule has 120 valence electrons. The van der Waals surface area contributed by atoms with Crippen molar-refractivity contribution in [3.8, 4) is 5.75 Å². The number of halogens is 3. The Balaban J connectivity index is 1.90. The molecule has 0 aliphatic carbocycles. The fourth-order valence-electron chi connectivity index (χ4n) is 1.70. The summed E-state index contributed by atoms with van der Waals surface area (Å²) in [5, 5.41) is 9.86. The Kier molecular flexibility index (Phi) is 5.36. The molecule has 8 heteroatoms. The average molecular weight is 332 g/mol. The van der Waals surface area contributed by atoms with E-state index in [4.69, 9.17) is 5.11 Å². The van der Waals surface area contributed by atoms with Gasteiger partial charge in [0.2, 0.25) is 0 Å². The summed E-state index contributed by atoms with van der Waals surface area (Å²) in [4.78, 5) is 4.19. The lowest BCUT2D eigenvalue weighted by atomic mass is 10.2. The van der Waals surface area contributed by atoms with Gasteiger partial charge >= 0.3 is 6.18 Å². The van der Waals surface area contributed by atoms with Crippen LogP contribution < -0.4 is 4.74 Å². The summed E-state index contributed by atoms with van der Waals surface area (Å²) in [6.07, 6.45) is -2.73. The molecule has 0 spiro atoms. The molecule has 1 N–H and O–H groups in total. The SMILES string of the molecule is Cn1c(CO)cnc1SCc1ccc(OCC(F)(F)F)cc1. The minimum atomic E-state index is -4.34. The van der Waals surface area contributed by atoms with Crippen LogP contribution in [0.5, 0.6) is 5.75 Å². The third kappa shape index (κ3) is 4.67. The third-order valence-corrected chi connectivity index (χ3v) is 4.01. The highest BCUT2D eigenvalue weighted by atomic mass is 32.2. The molecule has 0 unspecified atom stereocenters. The highest BCUT2D eigenvalue weighted by Gasteiger charge is 2.28. The zero-order chi connectivity index (χ0) is 16.2. The lowest BCUT2D eigenvalue weighted by Gasteiger charge is -2.09. The lowest BCUT2D eigenvalue weighted by molar-refractivity contribution is -0.153. The monoisotopic (exact) mass is 332 g/mol. The van der Waals surface area contributed by atoms with Gasteiger partial charge in [0.25, 0.3) is 0 Å². The van der Waals surface area contributed by atoms with Gasteiger partial charge in [0.1, 0.15) is 5.75 Å². The summed E-state index contributed by atoms with van der Waals surface area (Å²) in [5.74, 6) is 0.806. The summed E-state index contributed by atoms with van der Waals surface area (Å²) in [6, 6.07) is 6.46. The number of aliphatic hydroxyl groups is 1. The second-order valence-electron chi connectivity index (χ2n) is 4.59. The van der Waals surface area contributed by atoms with Gasteiger partial charge in [0.05, 0.1) is 18.5 Å². The molecule has 0 bridgehead atoms. The molecule has 0 amide bonds. The topological polar surface area (TPSA) is 47.3 Å². The Morgan fingerprint density at radius 3 is 2.50 bits per heavy atom. The fraction of sp³-hybridized carbons (Fsp3) is 0.357. The average Bonchev–Trinajstić information content (AvgIpc) is 2.83. The van der Waals surface area contributed by atoms with Crippen LogP contribution in [0.2, 0.25) is 0 Å². The minimum Gasteiger partial charge on any atom is -0.484 e. The van der Waals surface area contributed by atoms with Crippen LogP contribution in [0.15, 0.2) is 35.6 Å². The van der Waals surface area contributed by atoms with E-state index < -0.39 is 12.8 Å². The van der Waals surface area contributed by atoms with E-state index in [1.807, 2.05) is 7.05 Å². The van der Waals surface area contributed by atoms with Crippen molar-refractivity contribution in [3.05, 3.63) is 41.7 Å². The quantitative estimate of drug-likeness (QED) is 0.826. The molecular formula is C14H15F3N2O2S. The maximum absolute atomic E-state index is 12.0. The molecule has 0 saturated heterocycles. The molecule has 2 rings (SSSR count). The smallest absolute Gasteiger partial charge is 0.422 e. The van der Waals surface area contributed by atoms with Crippen LogP contribution in [0.1, 0.15) is 11.3 Å². The van der Waals surface area contributed by atoms with Crippen molar-refractivity contribution in [2.24, 2.45) is 7.05 Å². The fourth-order valence-corrected chi connectivity index (χ4v) is 2.63. The van der Waals surface area contributed by atoms with E-state index >= 15 is 0 Å². The normalized spacial score (nSPS) is 11.7. The number of hydrogen-bond donors (Lipinski definition) is 1. The number of aromatic nitrogens is 2. The molecule has 0 aliphatic heterocycles. The predicted octanol–water partition coefficient (Wildman–Crippen LogP) is 3.15. The Hall–Kier alpha value is -1.67. The highest BCUT2D eigenvalue weighted by molar-refractivity contribution is 7.98.